The number of rotatable bonds is 6. The van der Waals surface area contributed by atoms with Crippen molar-refractivity contribution in [3.8, 4) is 0 Å². The van der Waals surface area contributed by atoms with Crippen LogP contribution >= 0.6 is 0 Å². The van der Waals surface area contributed by atoms with Crippen LogP contribution in [0.1, 0.15) is 32.6 Å². The van der Waals surface area contributed by atoms with Gasteiger partial charge in [-0.1, -0.05) is 0 Å². The molecule has 7 nitrogen and oxygen atoms in total. The first-order chi connectivity index (χ1) is 9.61. The van der Waals surface area contributed by atoms with Crippen molar-refractivity contribution < 1.29 is 14.3 Å². The van der Waals surface area contributed by atoms with E-state index < -0.39 is 0 Å². The zero-order valence-corrected chi connectivity index (χ0v) is 11.9. The van der Waals surface area contributed by atoms with Crippen molar-refractivity contribution in [1.82, 2.24) is 15.6 Å². The number of ether oxygens (including phenoxy) is 1. The summed E-state index contributed by atoms with van der Waals surface area (Å²) in [5, 5.41) is 3.02. The van der Waals surface area contributed by atoms with E-state index in [-0.39, 0.29) is 23.9 Å². The van der Waals surface area contributed by atoms with E-state index in [1.165, 1.54) is 0 Å². The maximum absolute atomic E-state index is 12.2. The summed E-state index contributed by atoms with van der Waals surface area (Å²) in [7, 11) is 0. The van der Waals surface area contributed by atoms with Gasteiger partial charge >= 0.3 is 0 Å². The van der Waals surface area contributed by atoms with Crippen LogP contribution in [-0.2, 0) is 14.3 Å². The average molecular weight is 284 g/mol. The molecule has 1 aliphatic carbocycles. The van der Waals surface area contributed by atoms with Gasteiger partial charge in [-0.2, -0.15) is 0 Å². The van der Waals surface area contributed by atoms with Crippen molar-refractivity contribution in [3.05, 3.63) is 0 Å². The minimum Gasteiger partial charge on any atom is -0.378 e. The van der Waals surface area contributed by atoms with Gasteiger partial charge in [-0.05, 0) is 26.2 Å². The SMILES string of the molecule is CC(CCC(=O)NN)N1CCOCC1C(=O)NC1CC1. The minimum absolute atomic E-state index is 0.0438. The molecule has 0 radical (unpaired) electrons. The fourth-order valence-corrected chi connectivity index (χ4v) is 2.47. The van der Waals surface area contributed by atoms with Gasteiger partial charge in [0.25, 0.3) is 0 Å². The highest BCUT2D eigenvalue weighted by Gasteiger charge is 2.35. The molecule has 1 saturated heterocycles. The monoisotopic (exact) mass is 284 g/mol. The summed E-state index contributed by atoms with van der Waals surface area (Å²) in [6.45, 7) is 3.80. The van der Waals surface area contributed by atoms with Crippen molar-refractivity contribution in [2.24, 2.45) is 5.84 Å². The number of nitrogens with two attached hydrogens (primary N) is 1. The summed E-state index contributed by atoms with van der Waals surface area (Å²) in [6, 6.07) is 0.246. The van der Waals surface area contributed by atoms with Crippen molar-refractivity contribution in [1.29, 1.82) is 0 Å². The number of carbonyl (C=O) groups is 2. The van der Waals surface area contributed by atoms with Gasteiger partial charge in [-0.3, -0.25) is 19.9 Å². The topological polar surface area (TPSA) is 96.7 Å². The molecule has 2 atom stereocenters. The largest absolute Gasteiger partial charge is 0.378 e. The Labute approximate surface area is 119 Å². The van der Waals surface area contributed by atoms with E-state index in [9.17, 15) is 9.59 Å². The number of nitrogens with zero attached hydrogens (tertiary/aromatic N) is 1. The highest BCUT2D eigenvalue weighted by atomic mass is 16.5. The summed E-state index contributed by atoms with van der Waals surface area (Å²) >= 11 is 0. The van der Waals surface area contributed by atoms with E-state index in [4.69, 9.17) is 10.6 Å². The zero-order chi connectivity index (χ0) is 14.5. The molecule has 0 bridgehead atoms. The average Bonchev–Trinajstić information content (AvgIpc) is 3.28. The third-order valence-electron chi connectivity index (χ3n) is 3.91. The van der Waals surface area contributed by atoms with Crippen molar-refractivity contribution in [3.63, 3.8) is 0 Å². The van der Waals surface area contributed by atoms with Crippen LogP contribution in [0.4, 0.5) is 0 Å². The molecular weight excluding hydrogens is 260 g/mol. The molecule has 2 amide bonds. The fraction of sp³-hybridized carbons (Fsp3) is 0.846. The smallest absolute Gasteiger partial charge is 0.239 e. The quantitative estimate of drug-likeness (QED) is 0.334. The summed E-state index contributed by atoms with van der Waals surface area (Å²) in [6.07, 6.45) is 3.19. The second kappa shape index (κ2) is 7.01. The molecule has 2 unspecified atom stereocenters. The number of hydrogen-bond donors (Lipinski definition) is 3. The predicted octanol–water partition coefficient (Wildman–Crippen LogP) is -0.876. The molecule has 1 saturated carbocycles. The van der Waals surface area contributed by atoms with Gasteiger partial charge in [-0.25, -0.2) is 5.84 Å². The fourth-order valence-electron chi connectivity index (χ4n) is 2.47. The van der Waals surface area contributed by atoms with E-state index in [0.717, 1.165) is 12.8 Å². The molecule has 2 aliphatic rings. The highest BCUT2D eigenvalue weighted by molar-refractivity contribution is 5.82. The van der Waals surface area contributed by atoms with Gasteiger partial charge < -0.3 is 10.1 Å². The Morgan fingerprint density at radius 3 is 2.85 bits per heavy atom. The number of carbonyl (C=O) groups excluding carboxylic acids is 2. The van der Waals surface area contributed by atoms with Gasteiger partial charge in [-0.15, -0.1) is 0 Å². The lowest BCUT2D eigenvalue weighted by Crippen LogP contribution is -2.57. The van der Waals surface area contributed by atoms with E-state index >= 15 is 0 Å². The normalized spacial score (nSPS) is 25.0. The van der Waals surface area contributed by atoms with Crippen LogP contribution in [0.15, 0.2) is 0 Å². The number of nitrogens with one attached hydrogen (secondary N) is 2. The Balaban J connectivity index is 1.87. The molecule has 0 aromatic carbocycles. The maximum atomic E-state index is 12.2. The first kappa shape index (κ1) is 15.2. The molecule has 2 fully saturated rings. The summed E-state index contributed by atoms with van der Waals surface area (Å²) in [4.78, 5) is 25.6. The Hall–Kier alpha value is -1.18. The Morgan fingerprint density at radius 1 is 1.45 bits per heavy atom. The van der Waals surface area contributed by atoms with Crippen molar-refractivity contribution in [2.75, 3.05) is 19.8 Å². The van der Waals surface area contributed by atoms with Gasteiger partial charge in [0.15, 0.2) is 0 Å². The van der Waals surface area contributed by atoms with Crippen LogP contribution in [0.5, 0.6) is 0 Å². The van der Waals surface area contributed by atoms with Gasteiger partial charge in [0, 0.05) is 25.0 Å². The van der Waals surface area contributed by atoms with Crippen LogP contribution in [0.3, 0.4) is 0 Å². The van der Waals surface area contributed by atoms with Crippen LogP contribution in [0, 0.1) is 0 Å². The second-order valence-electron chi connectivity index (χ2n) is 5.57. The van der Waals surface area contributed by atoms with Crippen LogP contribution in [0.2, 0.25) is 0 Å². The predicted molar refractivity (Wildman–Crippen MR) is 73.5 cm³/mol. The molecule has 7 heteroatoms. The molecular formula is C13H24N4O3. The summed E-state index contributed by atoms with van der Waals surface area (Å²) < 4.78 is 5.43. The molecule has 4 N–H and O–H groups in total. The summed E-state index contributed by atoms with van der Waals surface area (Å²) in [5.41, 5.74) is 2.13. The molecule has 1 heterocycles. The summed E-state index contributed by atoms with van der Waals surface area (Å²) in [5.74, 6) is 4.94. The molecule has 114 valence electrons. The maximum Gasteiger partial charge on any atom is 0.239 e. The first-order valence-electron chi connectivity index (χ1n) is 7.25. The van der Waals surface area contributed by atoms with E-state index in [1.807, 2.05) is 6.92 Å². The van der Waals surface area contributed by atoms with Crippen LogP contribution in [-0.4, -0.2) is 54.6 Å². The zero-order valence-electron chi connectivity index (χ0n) is 11.9. The highest BCUT2D eigenvalue weighted by Crippen LogP contribution is 2.21. The Bertz CT molecular complexity index is 360. The molecule has 0 spiro atoms. The number of morpholine rings is 1. The standard InChI is InChI=1S/C13H24N4O3/c1-9(2-5-12(18)16-14)17-6-7-20-8-11(17)13(19)15-10-3-4-10/h9-11H,2-8,14H2,1H3,(H,15,19)(H,16,18). The third kappa shape index (κ3) is 4.16. The Kier molecular flexibility index (Phi) is 5.33. The molecule has 0 aromatic heterocycles. The molecule has 2 rings (SSSR count). The van der Waals surface area contributed by atoms with Gasteiger partial charge in [0.1, 0.15) is 6.04 Å². The first-order valence-corrected chi connectivity index (χ1v) is 7.25. The molecule has 1 aliphatic heterocycles. The molecule has 0 aromatic rings. The number of amides is 2. The van der Waals surface area contributed by atoms with E-state index in [2.05, 4.69) is 15.6 Å². The minimum atomic E-state index is -0.250. The Morgan fingerprint density at radius 2 is 2.20 bits per heavy atom. The lowest BCUT2D eigenvalue weighted by molar-refractivity contribution is -0.134. The number of hydrazine groups is 1. The third-order valence-corrected chi connectivity index (χ3v) is 3.91. The lowest BCUT2D eigenvalue weighted by Gasteiger charge is -2.38. The van der Waals surface area contributed by atoms with E-state index in [1.54, 1.807) is 0 Å². The number of hydrogen-bond acceptors (Lipinski definition) is 5. The van der Waals surface area contributed by atoms with E-state index in [0.29, 0.717) is 38.6 Å². The van der Waals surface area contributed by atoms with Gasteiger partial charge in [0.2, 0.25) is 11.8 Å². The lowest BCUT2D eigenvalue weighted by atomic mass is 10.1. The van der Waals surface area contributed by atoms with Crippen LogP contribution in [0.25, 0.3) is 0 Å². The van der Waals surface area contributed by atoms with Crippen molar-refractivity contribution >= 4 is 11.8 Å². The second-order valence-corrected chi connectivity index (χ2v) is 5.57. The van der Waals surface area contributed by atoms with Crippen LogP contribution < -0.4 is 16.6 Å². The van der Waals surface area contributed by atoms with Gasteiger partial charge in [0.05, 0.1) is 13.2 Å². The molecule has 20 heavy (non-hydrogen) atoms. The van der Waals surface area contributed by atoms with Crippen molar-refractivity contribution in [2.45, 2.75) is 50.7 Å².